The summed E-state index contributed by atoms with van der Waals surface area (Å²) in [5.41, 5.74) is 7.54. The third-order valence-electron chi connectivity index (χ3n) is 7.62. The first-order valence-electron chi connectivity index (χ1n) is 14.4. The number of methoxy groups -OCH3 is 1. The molecule has 43 heavy (non-hydrogen) atoms. The first-order valence-corrected chi connectivity index (χ1v) is 15.6. The van der Waals surface area contributed by atoms with Crippen molar-refractivity contribution in [2.45, 2.75) is 32.4 Å². The van der Waals surface area contributed by atoms with Crippen molar-refractivity contribution in [2.75, 3.05) is 20.2 Å². The average molecular weight is 661 g/mol. The van der Waals surface area contributed by atoms with E-state index in [1.54, 1.807) is 19.4 Å². The van der Waals surface area contributed by atoms with E-state index in [4.69, 9.17) is 21.1 Å². The molecule has 1 aliphatic heterocycles. The lowest BCUT2D eigenvalue weighted by Gasteiger charge is -2.32. The molecule has 1 fully saturated rings. The largest absolute Gasteiger partial charge is 0.493 e. The zero-order chi connectivity index (χ0) is 30.0. The van der Waals surface area contributed by atoms with E-state index in [-0.39, 0.29) is 5.91 Å². The van der Waals surface area contributed by atoms with Gasteiger partial charge in [-0.3, -0.25) is 9.69 Å². The molecule has 0 aromatic heterocycles. The Hall–Kier alpha value is -3.65. The van der Waals surface area contributed by atoms with E-state index in [1.165, 1.54) is 24.0 Å². The van der Waals surface area contributed by atoms with Crippen molar-refractivity contribution in [1.29, 1.82) is 0 Å². The SMILES string of the molecule is COc1cc(/C=N\NC(=O)c2ccc(CN3CCC(Cc4ccccc4)CC3)cc2)cc(Br)c1OCc1ccc(Cl)cc1. The molecule has 0 aliphatic carbocycles. The van der Waals surface area contributed by atoms with Gasteiger partial charge in [0, 0.05) is 17.1 Å². The number of hydrogen-bond acceptors (Lipinski definition) is 5. The lowest BCUT2D eigenvalue weighted by Crippen LogP contribution is -2.33. The van der Waals surface area contributed by atoms with Crippen molar-refractivity contribution >= 4 is 39.7 Å². The Kier molecular flexibility index (Phi) is 10.9. The first-order chi connectivity index (χ1) is 21.0. The molecule has 6 nitrogen and oxygen atoms in total. The maximum Gasteiger partial charge on any atom is 0.271 e. The highest BCUT2D eigenvalue weighted by Crippen LogP contribution is 2.37. The summed E-state index contributed by atoms with van der Waals surface area (Å²) < 4.78 is 12.2. The first kappa shape index (κ1) is 30.8. The van der Waals surface area contributed by atoms with Gasteiger partial charge in [-0.15, -0.1) is 0 Å². The summed E-state index contributed by atoms with van der Waals surface area (Å²) in [5, 5.41) is 4.83. The zero-order valence-corrected chi connectivity index (χ0v) is 26.5. The molecule has 1 N–H and O–H groups in total. The van der Waals surface area contributed by atoms with Crippen LogP contribution in [0, 0.1) is 5.92 Å². The quantitative estimate of drug-likeness (QED) is 0.131. The van der Waals surface area contributed by atoms with Gasteiger partial charge in [-0.05, 0) is 113 Å². The van der Waals surface area contributed by atoms with Crippen molar-refractivity contribution in [1.82, 2.24) is 10.3 Å². The number of piperidine rings is 1. The van der Waals surface area contributed by atoms with Crippen LogP contribution >= 0.6 is 27.5 Å². The summed E-state index contributed by atoms with van der Waals surface area (Å²) in [5.74, 6) is 1.61. The van der Waals surface area contributed by atoms with Crippen molar-refractivity contribution in [3.8, 4) is 11.5 Å². The molecule has 0 unspecified atom stereocenters. The van der Waals surface area contributed by atoms with Gasteiger partial charge in [-0.25, -0.2) is 5.43 Å². The number of hydrogen-bond donors (Lipinski definition) is 1. The Morgan fingerprint density at radius 2 is 1.67 bits per heavy atom. The molecule has 0 saturated carbocycles. The van der Waals surface area contributed by atoms with E-state index in [0.29, 0.717) is 33.2 Å². The van der Waals surface area contributed by atoms with E-state index in [0.717, 1.165) is 43.1 Å². The number of hydrazone groups is 1. The van der Waals surface area contributed by atoms with Crippen LogP contribution in [0.15, 0.2) is 101 Å². The topological polar surface area (TPSA) is 63.2 Å². The minimum atomic E-state index is -0.265. The van der Waals surface area contributed by atoms with Crippen LogP contribution in [0.3, 0.4) is 0 Å². The minimum Gasteiger partial charge on any atom is -0.493 e. The molecule has 4 aromatic rings. The fraction of sp³-hybridized carbons (Fsp3) is 0.257. The second-order valence-corrected chi connectivity index (χ2v) is 12.0. The van der Waals surface area contributed by atoms with Crippen molar-refractivity contribution < 1.29 is 14.3 Å². The van der Waals surface area contributed by atoms with Gasteiger partial charge in [0.2, 0.25) is 0 Å². The molecule has 0 radical (unpaired) electrons. The van der Waals surface area contributed by atoms with E-state index in [2.05, 4.69) is 61.7 Å². The zero-order valence-electron chi connectivity index (χ0n) is 24.1. The van der Waals surface area contributed by atoms with Gasteiger partial charge in [0.05, 0.1) is 17.8 Å². The maximum atomic E-state index is 12.7. The smallest absolute Gasteiger partial charge is 0.271 e. The second-order valence-electron chi connectivity index (χ2n) is 10.8. The Balaban J connectivity index is 1.09. The van der Waals surface area contributed by atoms with Crippen molar-refractivity contribution in [3.63, 3.8) is 0 Å². The molecule has 0 bridgehead atoms. The van der Waals surface area contributed by atoms with Crippen molar-refractivity contribution in [2.24, 2.45) is 11.0 Å². The number of carbonyl (C=O) groups is 1. The number of nitrogens with one attached hydrogen (secondary N) is 1. The Bertz CT molecular complexity index is 1520. The highest BCUT2D eigenvalue weighted by molar-refractivity contribution is 9.10. The number of nitrogens with zero attached hydrogens (tertiary/aromatic N) is 2. The van der Waals surface area contributed by atoms with Gasteiger partial charge in [-0.2, -0.15) is 5.10 Å². The Labute approximate surface area is 266 Å². The maximum absolute atomic E-state index is 12.7. The number of likely N-dealkylation sites (tertiary alicyclic amines) is 1. The van der Waals surface area contributed by atoms with E-state index >= 15 is 0 Å². The van der Waals surface area contributed by atoms with Gasteiger partial charge in [0.25, 0.3) is 5.91 Å². The normalized spacial score (nSPS) is 14.1. The van der Waals surface area contributed by atoms with Crippen LogP contribution in [0.25, 0.3) is 0 Å². The average Bonchev–Trinajstić information content (AvgIpc) is 3.03. The van der Waals surface area contributed by atoms with E-state index < -0.39 is 0 Å². The van der Waals surface area contributed by atoms with Gasteiger partial charge in [0.15, 0.2) is 11.5 Å². The molecule has 1 saturated heterocycles. The molecule has 1 heterocycles. The lowest BCUT2D eigenvalue weighted by atomic mass is 9.90. The standard InChI is InChI=1S/C35H35BrClN3O3/c1-42-33-21-29(20-32(36)34(33)43-24-28-9-13-31(37)14-10-28)22-38-39-35(41)30-11-7-27(8-12-30)23-40-17-15-26(16-18-40)19-25-5-3-2-4-6-25/h2-14,20-22,26H,15-19,23-24H2,1H3,(H,39,41)/b38-22-. The second kappa shape index (κ2) is 15.2. The summed E-state index contributed by atoms with van der Waals surface area (Å²) in [6, 6.07) is 29.7. The predicted molar refractivity (Wildman–Crippen MR) is 176 cm³/mol. The van der Waals surface area contributed by atoms with E-state index in [1.807, 2.05) is 54.6 Å². The predicted octanol–water partition coefficient (Wildman–Crippen LogP) is 7.91. The highest BCUT2D eigenvalue weighted by Gasteiger charge is 2.19. The van der Waals surface area contributed by atoms with Gasteiger partial charge in [-0.1, -0.05) is 66.2 Å². The van der Waals surface area contributed by atoms with Crippen LogP contribution in [-0.2, 0) is 19.6 Å². The van der Waals surface area contributed by atoms with Gasteiger partial charge >= 0.3 is 0 Å². The molecule has 5 rings (SSSR count). The number of carbonyl (C=O) groups excluding carboxylic acids is 1. The fourth-order valence-electron chi connectivity index (χ4n) is 5.24. The number of halogens is 2. The Morgan fingerprint density at radius 3 is 2.37 bits per heavy atom. The van der Waals surface area contributed by atoms with Crippen molar-refractivity contribution in [3.05, 3.63) is 128 Å². The van der Waals surface area contributed by atoms with Crippen LogP contribution in [0.2, 0.25) is 5.02 Å². The molecule has 222 valence electrons. The lowest BCUT2D eigenvalue weighted by molar-refractivity contribution is 0.0955. The molecule has 8 heteroatoms. The van der Waals surface area contributed by atoms with Crippen LogP contribution in [0.5, 0.6) is 11.5 Å². The molecule has 4 aromatic carbocycles. The molecule has 0 spiro atoms. The van der Waals surface area contributed by atoms with Crippen LogP contribution in [0.1, 0.15) is 45.5 Å². The summed E-state index contributed by atoms with van der Waals surface area (Å²) in [4.78, 5) is 15.2. The van der Waals surface area contributed by atoms with Gasteiger partial charge in [0.1, 0.15) is 6.61 Å². The summed E-state index contributed by atoms with van der Waals surface area (Å²) in [7, 11) is 1.58. The molecular formula is C35H35BrClN3O3. The van der Waals surface area contributed by atoms with Gasteiger partial charge < -0.3 is 9.47 Å². The van der Waals surface area contributed by atoms with Crippen LogP contribution in [0.4, 0.5) is 0 Å². The molecular weight excluding hydrogens is 626 g/mol. The third kappa shape index (κ3) is 8.92. The van der Waals surface area contributed by atoms with Crippen LogP contribution < -0.4 is 14.9 Å². The number of benzene rings is 4. The molecule has 1 aliphatic rings. The fourth-order valence-corrected chi connectivity index (χ4v) is 5.94. The van der Waals surface area contributed by atoms with E-state index in [9.17, 15) is 4.79 Å². The highest BCUT2D eigenvalue weighted by atomic mass is 79.9. The third-order valence-corrected chi connectivity index (χ3v) is 8.47. The minimum absolute atomic E-state index is 0.265. The number of rotatable bonds is 11. The monoisotopic (exact) mass is 659 g/mol. The summed E-state index contributed by atoms with van der Waals surface area (Å²) in [6.45, 7) is 3.46. The summed E-state index contributed by atoms with van der Waals surface area (Å²) >= 11 is 9.53. The Morgan fingerprint density at radius 1 is 0.977 bits per heavy atom. The molecule has 1 amide bonds. The van der Waals surface area contributed by atoms with Crippen LogP contribution in [-0.4, -0.2) is 37.2 Å². The number of ether oxygens (including phenoxy) is 2. The molecule has 0 atom stereocenters. The summed E-state index contributed by atoms with van der Waals surface area (Å²) in [6.07, 6.45) is 5.17. The number of amides is 1.